The number of benzene rings is 1. The summed E-state index contributed by atoms with van der Waals surface area (Å²) in [6.45, 7) is 5.04. The standard InChI is InChI=1S/C15H17BrINO/c1-15(2)7-12(14(17)13(19)8-15)18-9-10-5-3-4-6-11(10)16/h3-6,18H,7-9H2,1-2H3. The molecule has 1 aromatic carbocycles. The van der Waals surface area contributed by atoms with Gasteiger partial charge in [-0.1, -0.05) is 48.0 Å². The molecule has 0 spiro atoms. The van der Waals surface area contributed by atoms with Crippen LogP contribution < -0.4 is 5.32 Å². The van der Waals surface area contributed by atoms with Crippen molar-refractivity contribution in [1.29, 1.82) is 0 Å². The Bertz CT molecular complexity index is 537. The van der Waals surface area contributed by atoms with Crippen molar-refractivity contribution in [2.75, 3.05) is 0 Å². The fraction of sp³-hybridized carbons (Fsp3) is 0.400. The van der Waals surface area contributed by atoms with Crippen LogP contribution in [0, 0.1) is 5.41 Å². The first-order valence-electron chi connectivity index (χ1n) is 6.28. The molecule has 0 unspecified atom stereocenters. The monoisotopic (exact) mass is 433 g/mol. The number of hydrogen-bond donors (Lipinski definition) is 1. The van der Waals surface area contributed by atoms with E-state index in [0.29, 0.717) is 6.42 Å². The van der Waals surface area contributed by atoms with Crippen LogP contribution in [0.4, 0.5) is 0 Å². The van der Waals surface area contributed by atoms with Gasteiger partial charge in [0.1, 0.15) is 0 Å². The average molecular weight is 434 g/mol. The van der Waals surface area contributed by atoms with Gasteiger partial charge in [-0.2, -0.15) is 0 Å². The molecular formula is C15H17BrINO. The van der Waals surface area contributed by atoms with E-state index < -0.39 is 0 Å². The van der Waals surface area contributed by atoms with Gasteiger partial charge in [-0.25, -0.2) is 0 Å². The largest absolute Gasteiger partial charge is 0.383 e. The van der Waals surface area contributed by atoms with Gasteiger partial charge in [0, 0.05) is 23.1 Å². The molecule has 2 rings (SSSR count). The molecule has 1 aromatic rings. The van der Waals surface area contributed by atoms with Gasteiger partial charge in [-0.3, -0.25) is 4.79 Å². The number of allylic oxidation sites excluding steroid dienone is 2. The smallest absolute Gasteiger partial charge is 0.171 e. The summed E-state index contributed by atoms with van der Waals surface area (Å²) in [5.74, 6) is 0.256. The number of halogens is 2. The fourth-order valence-corrected chi connectivity index (χ4v) is 3.28. The van der Waals surface area contributed by atoms with Crippen molar-refractivity contribution in [3.63, 3.8) is 0 Å². The second-order valence-electron chi connectivity index (χ2n) is 5.68. The van der Waals surface area contributed by atoms with E-state index in [1.165, 1.54) is 5.56 Å². The SMILES string of the molecule is CC1(C)CC(=O)C(I)=C(NCc2ccccc2Br)C1. The molecule has 0 radical (unpaired) electrons. The molecule has 0 atom stereocenters. The lowest BCUT2D eigenvalue weighted by atomic mass is 9.79. The molecule has 1 aliphatic carbocycles. The van der Waals surface area contributed by atoms with Gasteiger partial charge in [0.2, 0.25) is 0 Å². The van der Waals surface area contributed by atoms with E-state index in [1.54, 1.807) is 0 Å². The van der Waals surface area contributed by atoms with Crippen LogP contribution in [0.1, 0.15) is 32.3 Å². The molecule has 0 aromatic heterocycles. The molecule has 0 amide bonds. The number of ketones is 1. The molecule has 1 aliphatic rings. The van der Waals surface area contributed by atoms with E-state index in [2.05, 4.69) is 63.8 Å². The van der Waals surface area contributed by atoms with Crippen LogP contribution in [-0.4, -0.2) is 5.78 Å². The Morgan fingerprint density at radius 2 is 2.00 bits per heavy atom. The minimum Gasteiger partial charge on any atom is -0.383 e. The van der Waals surface area contributed by atoms with E-state index in [-0.39, 0.29) is 11.2 Å². The summed E-state index contributed by atoms with van der Waals surface area (Å²) in [7, 11) is 0. The maximum atomic E-state index is 12.0. The van der Waals surface area contributed by atoms with Crippen molar-refractivity contribution in [2.24, 2.45) is 5.41 Å². The average Bonchev–Trinajstić information content (AvgIpc) is 2.33. The van der Waals surface area contributed by atoms with E-state index in [9.17, 15) is 4.79 Å². The highest BCUT2D eigenvalue weighted by Crippen LogP contribution is 2.38. The second kappa shape index (κ2) is 5.95. The van der Waals surface area contributed by atoms with Crippen molar-refractivity contribution in [3.05, 3.63) is 43.6 Å². The van der Waals surface area contributed by atoms with Gasteiger partial charge in [0.25, 0.3) is 0 Å². The molecule has 0 bridgehead atoms. The van der Waals surface area contributed by atoms with E-state index >= 15 is 0 Å². The lowest BCUT2D eigenvalue weighted by molar-refractivity contribution is -0.117. The molecule has 2 nitrogen and oxygen atoms in total. The van der Waals surface area contributed by atoms with Crippen molar-refractivity contribution in [3.8, 4) is 0 Å². The Kier molecular flexibility index (Phi) is 4.71. The van der Waals surface area contributed by atoms with Gasteiger partial charge in [0.05, 0.1) is 3.58 Å². The topological polar surface area (TPSA) is 29.1 Å². The molecule has 0 aliphatic heterocycles. The van der Waals surface area contributed by atoms with Crippen molar-refractivity contribution in [1.82, 2.24) is 5.32 Å². The lowest BCUT2D eigenvalue weighted by Crippen LogP contribution is -2.29. The first kappa shape index (κ1) is 15.0. The third-order valence-electron chi connectivity index (χ3n) is 3.25. The van der Waals surface area contributed by atoms with Crippen LogP contribution >= 0.6 is 38.5 Å². The number of carbonyl (C=O) groups is 1. The highest BCUT2D eigenvalue weighted by molar-refractivity contribution is 14.1. The van der Waals surface area contributed by atoms with Gasteiger partial charge < -0.3 is 5.32 Å². The first-order valence-corrected chi connectivity index (χ1v) is 8.15. The molecule has 0 heterocycles. The van der Waals surface area contributed by atoms with Crippen LogP contribution in [0.25, 0.3) is 0 Å². The predicted molar refractivity (Wildman–Crippen MR) is 90.0 cm³/mol. The van der Waals surface area contributed by atoms with Crippen LogP contribution in [0.2, 0.25) is 0 Å². The number of hydrogen-bond acceptors (Lipinski definition) is 2. The summed E-state index contributed by atoms with van der Waals surface area (Å²) >= 11 is 5.71. The number of carbonyl (C=O) groups excluding carboxylic acids is 1. The summed E-state index contributed by atoms with van der Waals surface area (Å²) in [4.78, 5) is 12.0. The summed E-state index contributed by atoms with van der Waals surface area (Å²) in [6.07, 6.45) is 1.58. The highest BCUT2D eigenvalue weighted by atomic mass is 127. The van der Waals surface area contributed by atoms with Gasteiger partial charge in [-0.05, 0) is 46.1 Å². The summed E-state index contributed by atoms with van der Waals surface area (Å²) in [5, 5.41) is 3.44. The zero-order valence-corrected chi connectivity index (χ0v) is 14.8. The molecule has 1 N–H and O–H groups in total. The van der Waals surface area contributed by atoms with Gasteiger partial charge in [-0.15, -0.1) is 0 Å². The van der Waals surface area contributed by atoms with Crippen molar-refractivity contribution in [2.45, 2.75) is 33.2 Å². The molecule has 0 fully saturated rings. The molecular weight excluding hydrogens is 417 g/mol. The zero-order chi connectivity index (χ0) is 14.0. The number of rotatable bonds is 3. The van der Waals surface area contributed by atoms with Crippen LogP contribution in [-0.2, 0) is 11.3 Å². The zero-order valence-electron chi connectivity index (χ0n) is 11.1. The van der Waals surface area contributed by atoms with Crippen molar-refractivity contribution >= 4 is 44.3 Å². The quantitative estimate of drug-likeness (QED) is 0.707. The molecule has 0 saturated heterocycles. The second-order valence-corrected chi connectivity index (χ2v) is 7.61. The van der Waals surface area contributed by atoms with Crippen LogP contribution in [0.15, 0.2) is 38.0 Å². The molecule has 0 saturated carbocycles. The summed E-state index contributed by atoms with van der Waals surface area (Å²) in [5.41, 5.74) is 2.34. The Balaban J connectivity index is 2.12. The summed E-state index contributed by atoms with van der Waals surface area (Å²) in [6, 6.07) is 8.15. The minimum atomic E-state index is 0.0575. The maximum absolute atomic E-state index is 12.0. The lowest BCUT2D eigenvalue weighted by Gasteiger charge is -2.31. The third kappa shape index (κ3) is 3.81. The Labute approximate surface area is 136 Å². The number of nitrogens with one attached hydrogen (secondary N) is 1. The van der Waals surface area contributed by atoms with E-state index in [4.69, 9.17) is 0 Å². The minimum absolute atomic E-state index is 0.0575. The van der Waals surface area contributed by atoms with Crippen molar-refractivity contribution < 1.29 is 4.79 Å². The van der Waals surface area contributed by atoms with Crippen LogP contribution in [0.5, 0.6) is 0 Å². The number of Topliss-reactive ketones (excluding diaryl/α,β-unsaturated/α-hetero) is 1. The van der Waals surface area contributed by atoms with Gasteiger partial charge in [0.15, 0.2) is 5.78 Å². The first-order chi connectivity index (χ1) is 8.89. The Hall–Kier alpha value is -0.360. The molecule has 19 heavy (non-hydrogen) atoms. The van der Waals surface area contributed by atoms with Gasteiger partial charge >= 0.3 is 0 Å². The summed E-state index contributed by atoms with van der Waals surface area (Å²) < 4.78 is 1.96. The van der Waals surface area contributed by atoms with Crippen LogP contribution in [0.3, 0.4) is 0 Å². The Morgan fingerprint density at radius 1 is 1.32 bits per heavy atom. The maximum Gasteiger partial charge on any atom is 0.171 e. The third-order valence-corrected chi connectivity index (χ3v) is 5.28. The molecule has 102 valence electrons. The fourth-order valence-electron chi connectivity index (χ4n) is 2.28. The molecule has 4 heteroatoms. The Morgan fingerprint density at radius 3 is 2.68 bits per heavy atom. The van der Waals surface area contributed by atoms with E-state index in [0.717, 1.165) is 26.7 Å². The van der Waals surface area contributed by atoms with E-state index in [1.807, 2.05) is 18.2 Å². The predicted octanol–water partition coefficient (Wildman–Crippen LogP) is 4.57. The highest BCUT2D eigenvalue weighted by Gasteiger charge is 2.31. The normalized spacial score (nSPS) is 18.6.